The van der Waals surface area contributed by atoms with Gasteiger partial charge >= 0.3 is 5.97 Å². The number of methoxy groups -OCH3 is 1. The Labute approximate surface area is 147 Å². The van der Waals surface area contributed by atoms with Crippen LogP contribution in [0.3, 0.4) is 0 Å². The lowest BCUT2D eigenvalue weighted by atomic mass is 10.3. The van der Waals surface area contributed by atoms with Crippen molar-refractivity contribution in [1.82, 2.24) is 19.6 Å². The predicted molar refractivity (Wildman–Crippen MR) is 92.2 cm³/mol. The van der Waals surface area contributed by atoms with E-state index < -0.39 is 5.97 Å². The molecule has 8 nitrogen and oxygen atoms in total. The second-order valence-electron chi connectivity index (χ2n) is 4.86. The Morgan fingerprint density at radius 3 is 2.61 bits per heavy atom. The van der Waals surface area contributed by atoms with Crippen LogP contribution in [0.4, 0.5) is 5.69 Å². The van der Waals surface area contributed by atoms with Gasteiger partial charge in [0.2, 0.25) is 5.91 Å². The summed E-state index contributed by atoms with van der Waals surface area (Å²) in [6.45, 7) is 4.86. The van der Waals surface area contributed by atoms with Gasteiger partial charge in [0.15, 0.2) is 5.69 Å². The zero-order valence-electron chi connectivity index (χ0n) is 13.2. The van der Waals surface area contributed by atoms with E-state index >= 15 is 0 Å². The lowest BCUT2D eigenvalue weighted by Crippen LogP contribution is -2.16. The number of hydrogen-bond acceptors (Lipinski definition) is 5. The molecule has 2 aromatic heterocycles. The van der Waals surface area contributed by atoms with E-state index in [1.165, 1.54) is 7.11 Å². The quantitative estimate of drug-likeness (QED) is 0.557. The normalized spacial score (nSPS) is 10.6. The molecule has 1 N–H and O–H groups in total. The smallest absolute Gasteiger partial charge is 0.360 e. The number of nitrogens with one attached hydrogen (secondary N) is 1. The van der Waals surface area contributed by atoms with Gasteiger partial charge in [-0.05, 0) is 36.4 Å². The molecule has 0 aliphatic carbocycles. The summed E-state index contributed by atoms with van der Waals surface area (Å²) in [7, 11) is 1.28. The van der Waals surface area contributed by atoms with Crippen molar-refractivity contribution in [2.75, 3.05) is 12.4 Å². The first kappa shape index (κ1) is 17.4. The van der Waals surface area contributed by atoms with Gasteiger partial charge in [-0.1, -0.05) is 0 Å². The maximum atomic E-state index is 12.1. The van der Waals surface area contributed by atoms with Gasteiger partial charge in [-0.15, -0.1) is 0 Å². The van der Waals surface area contributed by atoms with Gasteiger partial charge in [0, 0.05) is 31.9 Å². The van der Waals surface area contributed by atoms with E-state index in [1.54, 1.807) is 15.6 Å². The monoisotopic (exact) mass is 431 g/mol. The maximum Gasteiger partial charge on any atom is 0.360 e. The van der Waals surface area contributed by atoms with E-state index in [0.717, 1.165) is 9.26 Å². The number of carbonyl (C=O) groups is 2. The number of nitrogens with zero attached hydrogens (tertiary/aromatic N) is 4. The molecule has 124 valence electrons. The Bertz CT molecular complexity index is 703. The minimum atomic E-state index is -0.579. The lowest BCUT2D eigenvalue weighted by Gasteiger charge is -2.04. The fourth-order valence-corrected chi connectivity index (χ4v) is 2.39. The van der Waals surface area contributed by atoms with Crippen molar-refractivity contribution < 1.29 is 14.3 Å². The number of ether oxygens (including phenoxy) is 1. The van der Waals surface area contributed by atoms with Crippen LogP contribution in [-0.4, -0.2) is 38.5 Å². The molecule has 0 aliphatic heterocycles. The molecule has 9 heteroatoms. The van der Waals surface area contributed by atoms with Gasteiger partial charge in [0.1, 0.15) is 0 Å². The molecular weight excluding hydrogens is 413 g/mol. The van der Waals surface area contributed by atoms with Crippen LogP contribution in [0, 0.1) is 10.5 Å². The Morgan fingerprint density at radius 2 is 2.04 bits per heavy atom. The van der Waals surface area contributed by atoms with Crippen molar-refractivity contribution in [3.8, 4) is 0 Å². The molecule has 2 rings (SSSR count). The topological polar surface area (TPSA) is 91.0 Å². The Kier molecular flexibility index (Phi) is 5.74. The van der Waals surface area contributed by atoms with Gasteiger partial charge in [0.05, 0.1) is 22.1 Å². The lowest BCUT2D eigenvalue weighted by molar-refractivity contribution is -0.116. The number of amides is 1. The van der Waals surface area contributed by atoms with E-state index in [4.69, 9.17) is 0 Å². The third-order valence-corrected chi connectivity index (χ3v) is 4.25. The van der Waals surface area contributed by atoms with Crippen LogP contribution < -0.4 is 5.32 Å². The molecule has 0 bridgehead atoms. The van der Waals surface area contributed by atoms with Crippen LogP contribution in [0.25, 0.3) is 0 Å². The van der Waals surface area contributed by atoms with Crippen LogP contribution >= 0.6 is 22.6 Å². The first-order valence-electron chi connectivity index (χ1n) is 7.09. The highest BCUT2D eigenvalue weighted by Gasteiger charge is 2.19. The summed E-state index contributed by atoms with van der Waals surface area (Å²) in [6, 6.07) is 0. The largest absolute Gasteiger partial charge is 0.464 e. The number of rotatable bonds is 6. The van der Waals surface area contributed by atoms with E-state index in [-0.39, 0.29) is 18.0 Å². The molecule has 0 unspecified atom stereocenters. The highest BCUT2D eigenvalue weighted by Crippen LogP contribution is 2.15. The number of halogens is 1. The van der Waals surface area contributed by atoms with Gasteiger partial charge in [0.25, 0.3) is 0 Å². The van der Waals surface area contributed by atoms with E-state index in [2.05, 4.69) is 42.8 Å². The summed E-state index contributed by atoms with van der Waals surface area (Å²) in [5, 5.41) is 11.1. The van der Waals surface area contributed by atoms with Crippen molar-refractivity contribution in [2.45, 2.75) is 33.4 Å². The molecule has 1 amide bonds. The number of hydrogen-bond donors (Lipinski definition) is 1. The number of anilines is 1. The molecule has 23 heavy (non-hydrogen) atoms. The minimum absolute atomic E-state index is 0.104. The Hall–Kier alpha value is -1.91. The van der Waals surface area contributed by atoms with Crippen LogP contribution in [0.15, 0.2) is 12.4 Å². The molecular formula is C14H18IN5O3. The first-order valence-corrected chi connectivity index (χ1v) is 8.17. The summed E-state index contributed by atoms with van der Waals surface area (Å²) < 4.78 is 9.04. The molecule has 0 atom stereocenters. The van der Waals surface area contributed by atoms with Gasteiger partial charge in [-0.3, -0.25) is 14.2 Å². The second-order valence-corrected chi connectivity index (χ2v) is 6.02. The Morgan fingerprint density at radius 1 is 1.30 bits per heavy atom. The van der Waals surface area contributed by atoms with Gasteiger partial charge in [-0.2, -0.15) is 10.2 Å². The average molecular weight is 431 g/mol. The second kappa shape index (κ2) is 7.57. The molecule has 2 heterocycles. The summed E-state index contributed by atoms with van der Waals surface area (Å²) in [5.74, 6) is -0.793. The van der Waals surface area contributed by atoms with Crippen molar-refractivity contribution >= 4 is 40.2 Å². The zero-order valence-corrected chi connectivity index (χ0v) is 15.3. The molecule has 2 aromatic rings. The molecule has 0 aromatic carbocycles. The van der Waals surface area contributed by atoms with Crippen LogP contribution in [0.5, 0.6) is 0 Å². The molecule has 0 saturated carbocycles. The molecule has 0 saturated heterocycles. The fourth-order valence-electron chi connectivity index (χ4n) is 1.96. The van der Waals surface area contributed by atoms with Crippen molar-refractivity contribution in [3.63, 3.8) is 0 Å². The molecule has 0 radical (unpaired) electrons. The van der Waals surface area contributed by atoms with Crippen LogP contribution in [0.1, 0.15) is 29.5 Å². The SMILES string of the molecule is CCn1cc(NC(=O)CCn2cc(I)c(C)n2)c(C(=O)OC)n1. The maximum absolute atomic E-state index is 12.1. The first-order chi connectivity index (χ1) is 10.9. The molecule has 0 spiro atoms. The van der Waals surface area contributed by atoms with Crippen LogP contribution in [0.2, 0.25) is 0 Å². The third-order valence-electron chi connectivity index (χ3n) is 3.19. The summed E-state index contributed by atoms with van der Waals surface area (Å²) in [4.78, 5) is 23.8. The highest BCUT2D eigenvalue weighted by atomic mass is 127. The summed E-state index contributed by atoms with van der Waals surface area (Å²) in [6.07, 6.45) is 3.75. The summed E-state index contributed by atoms with van der Waals surface area (Å²) >= 11 is 2.20. The van der Waals surface area contributed by atoms with E-state index in [9.17, 15) is 9.59 Å². The third kappa shape index (κ3) is 4.30. The zero-order chi connectivity index (χ0) is 17.0. The van der Waals surface area contributed by atoms with Gasteiger partial charge in [-0.25, -0.2) is 4.79 Å². The van der Waals surface area contributed by atoms with E-state index in [0.29, 0.717) is 18.8 Å². The molecule has 0 aliphatic rings. The average Bonchev–Trinajstić information content (AvgIpc) is 3.08. The van der Waals surface area contributed by atoms with Crippen molar-refractivity contribution in [2.24, 2.45) is 0 Å². The standard InChI is InChI=1S/C14H18IN5O3/c1-4-19-8-11(13(18-19)14(22)23-3)16-12(21)5-6-20-7-10(15)9(2)17-20/h7-8H,4-6H2,1-3H3,(H,16,21). The van der Waals surface area contributed by atoms with Gasteiger partial charge < -0.3 is 10.1 Å². The highest BCUT2D eigenvalue weighted by molar-refractivity contribution is 14.1. The minimum Gasteiger partial charge on any atom is -0.464 e. The number of carbonyl (C=O) groups excluding carboxylic acids is 2. The molecule has 0 fully saturated rings. The van der Waals surface area contributed by atoms with Crippen molar-refractivity contribution in [1.29, 1.82) is 0 Å². The van der Waals surface area contributed by atoms with Crippen LogP contribution in [-0.2, 0) is 22.6 Å². The number of aromatic nitrogens is 4. The summed E-state index contributed by atoms with van der Waals surface area (Å²) in [5.41, 5.74) is 1.39. The van der Waals surface area contributed by atoms with Crippen molar-refractivity contribution in [3.05, 3.63) is 27.4 Å². The number of esters is 1. The number of aryl methyl sites for hydroxylation is 3. The fraction of sp³-hybridized carbons (Fsp3) is 0.429. The van der Waals surface area contributed by atoms with E-state index in [1.807, 2.05) is 20.0 Å². The predicted octanol–water partition coefficient (Wildman–Crippen LogP) is 1.83. The Balaban J connectivity index is 2.02.